The molecule has 0 bridgehead atoms. The van der Waals surface area contributed by atoms with Crippen molar-refractivity contribution in [1.29, 1.82) is 0 Å². The molecular weight excluding hydrogens is 482 g/mol. The average Bonchev–Trinajstić information content (AvgIpc) is 2.88. The number of pyridine rings is 1. The number of anilines is 1. The van der Waals surface area contributed by atoms with Gasteiger partial charge in [-0.15, -0.1) is 0 Å². The Morgan fingerprint density at radius 2 is 1.71 bits per heavy atom. The molecule has 0 radical (unpaired) electrons. The molecule has 8 heteroatoms. The Morgan fingerprint density at radius 1 is 0.974 bits per heavy atom. The van der Waals surface area contributed by atoms with E-state index in [9.17, 15) is 9.59 Å². The van der Waals surface area contributed by atoms with Crippen LogP contribution in [0.15, 0.2) is 72.9 Å². The summed E-state index contributed by atoms with van der Waals surface area (Å²) in [6.45, 7) is 7.93. The molecule has 0 fully saturated rings. The smallest absolute Gasteiger partial charge is 0.414 e. The molecule has 0 aliphatic carbocycles. The molecule has 8 nitrogen and oxygen atoms in total. The van der Waals surface area contributed by atoms with Gasteiger partial charge < -0.3 is 14.2 Å². The van der Waals surface area contributed by atoms with Crippen molar-refractivity contribution in [3.8, 4) is 5.75 Å². The summed E-state index contributed by atoms with van der Waals surface area (Å²) < 4.78 is 16.5. The number of fused-ring (bicyclic) bond motifs is 1. The van der Waals surface area contributed by atoms with Crippen LogP contribution in [-0.2, 0) is 22.5 Å². The highest BCUT2D eigenvalue weighted by molar-refractivity contribution is 5.84. The van der Waals surface area contributed by atoms with Gasteiger partial charge in [0.1, 0.15) is 23.8 Å². The largest absolute Gasteiger partial charge is 0.489 e. The third kappa shape index (κ3) is 7.12. The van der Waals surface area contributed by atoms with Crippen molar-refractivity contribution < 1.29 is 23.8 Å². The van der Waals surface area contributed by atoms with Crippen LogP contribution >= 0.6 is 0 Å². The Kier molecular flexibility index (Phi) is 8.31. The molecule has 1 N–H and O–H groups in total. The molecule has 0 spiro atoms. The first-order valence-electron chi connectivity index (χ1n) is 12.6. The summed E-state index contributed by atoms with van der Waals surface area (Å²) in [5.41, 5.74) is 3.01. The summed E-state index contributed by atoms with van der Waals surface area (Å²) in [5, 5.41) is 2.67. The fourth-order valence-corrected chi connectivity index (χ4v) is 4.06. The molecule has 0 saturated heterocycles. The van der Waals surface area contributed by atoms with Crippen molar-refractivity contribution in [2.45, 2.75) is 52.4 Å². The summed E-state index contributed by atoms with van der Waals surface area (Å²) in [4.78, 5) is 31.1. The minimum Gasteiger partial charge on any atom is -0.489 e. The van der Waals surface area contributed by atoms with Crippen LogP contribution in [0.2, 0.25) is 0 Å². The lowest BCUT2D eigenvalue weighted by molar-refractivity contribution is 0.0635. The lowest BCUT2D eigenvalue weighted by Crippen LogP contribution is -2.34. The van der Waals surface area contributed by atoms with Crippen LogP contribution in [0.3, 0.4) is 0 Å². The fraction of sp³-hybridized carbons (Fsp3) is 0.300. The quantitative estimate of drug-likeness (QED) is 0.375. The van der Waals surface area contributed by atoms with Crippen molar-refractivity contribution >= 4 is 24.1 Å². The first-order valence-corrected chi connectivity index (χ1v) is 12.6. The van der Waals surface area contributed by atoms with Gasteiger partial charge in [0.25, 0.3) is 0 Å². The van der Waals surface area contributed by atoms with Crippen LogP contribution in [0.5, 0.6) is 5.75 Å². The van der Waals surface area contributed by atoms with E-state index in [-0.39, 0.29) is 12.6 Å². The second-order valence-corrected chi connectivity index (χ2v) is 9.86. The predicted molar refractivity (Wildman–Crippen MR) is 146 cm³/mol. The van der Waals surface area contributed by atoms with Crippen molar-refractivity contribution in [2.75, 3.05) is 11.9 Å². The number of hydrogen-bond donors (Lipinski definition) is 1. The standard InChI is InChI=1S/C30H33N3O5/c1-5-36-29(35)33-18-17-25-24(15-16-27(31-25)32-28(34)38-30(2,3)4)26(33)19-21-11-13-23(14-12-21)37-20-22-9-7-6-8-10-22/h6-18,26H,5,19-20H2,1-4H3,(H,31,32,34). The van der Waals surface area contributed by atoms with Crippen LogP contribution in [0, 0.1) is 0 Å². The van der Waals surface area contributed by atoms with Crippen LogP contribution < -0.4 is 10.1 Å². The van der Waals surface area contributed by atoms with Gasteiger partial charge in [-0.2, -0.15) is 0 Å². The molecule has 1 unspecified atom stereocenters. The topological polar surface area (TPSA) is 90.0 Å². The Labute approximate surface area is 223 Å². The Bertz CT molecular complexity index is 1280. The maximum Gasteiger partial charge on any atom is 0.414 e. The van der Waals surface area contributed by atoms with Gasteiger partial charge in [0.15, 0.2) is 0 Å². The first-order chi connectivity index (χ1) is 18.2. The SMILES string of the molecule is CCOC(=O)N1C=Cc2nc(NC(=O)OC(C)(C)C)ccc2C1Cc1ccc(OCc2ccccc2)cc1. The van der Waals surface area contributed by atoms with E-state index in [0.29, 0.717) is 24.5 Å². The van der Waals surface area contributed by atoms with E-state index >= 15 is 0 Å². The van der Waals surface area contributed by atoms with Gasteiger partial charge in [-0.3, -0.25) is 10.2 Å². The monoisotopic (exact) mass is 515 g/mol. The highest BCUT2D eigenvalue weighted by Gasteiger charge is 2.30. The van der Waals surface area contributed by atoms with Crippen molar-refractivity contribution in [2.24, 2.45) is 0 Å². The van der Waals surface area contributed by atoms with Crippen molar-refractivity contribution in [3.63, 3.8) is 0 Å². The van der Waals surface area contributed by atoms with E-state index in [1.165, 1.54) is 0 Å². The summed E-state index contributed by atoms with van der Waals surface area (Å²) in [5.74, 6) is 1.13. The molecule has 0 saturated carbocycles. The summed E-state index contributed by atoms with van der Waals surface area (Å²) in [6, 6.07) is 21.1. The van der Waals surface area contributed by atoms with Gasteiger partial charge in [0.2, 0.25) is 0 Å². The molecule has 1 atom stereocenters. The Morgan fingerprint density at radius 3 is 2.39 bits per heavy atom. The number of aromatic nitrogens is 1. The molecule has 2 amide bonds. The Balaban J connectivity index is 1.51. The first kappa shape index (κ1) is 26.7. The van der Waals surface area contributed by atoms with E-state index in [0.717, 1.165) is 22.4 Å². The van der Waals surface area contributed by atoms with Crippen molar-refractivity contribution in [3.05, 3.63) is 95.3 Å². The number of benzene rings is 2. The van der Waals surface area contributed by atoms with Gasteiger partial charge in [0, 0.05) is 11.8 Å². The van der Waals surface area contributed by atoms with Crippen LogP contribution in [0.4, 0.5) is 15.4 Å². The van der Waals surface area contributed by atoms with Gasteiger partial charge in [-0.1, -0.05) is 48.5 Å². The lowest BCUT2D eigenvalue weighted by atomic mass is 9.94. The van der Waals surface area contributed by atoms with Crippen LogP contribution in [0.25, 0.3) is 6.08 Å². The summed E-state index contributed by atoms with van der Waals surface area (Å²) in [7, 11) is 0. The molecule has 38 heavy (non-hydrogen) atoms. The summed E-state index contributed by atoms with van der Waals surface area (Å²) >= 11 is 0. The number of carbonyl (C=O) groups excluding carboxylic acids is 2. The normalized spacial score (nSPS) is 14.4. The lowest BCUT2D eigenvalue weighted by Gasteiger charge is -2.32. The van der Waals surface area contributed by atoms with Gasteiger partial charge in [-0.05, 0) is 69.5 Å². The molecule has 1 aromatic heterocycles. The van der Waals surface area contributed by atoms with Crippen molar-refractivity contribution in [1.82, 2.24) is 9.88 Å². The highest BCUT2D eigenvalue weighted by atomic mass is 16.6. The number of hydrogen-bond acceptors (Lipinski definition) is 6. The summed E-state index contributed by atoms with van der Waals surface area (Å²) in [6.07, 6.45) is 2.94. The number of nitrogens with zero attached hydrogens (tertiary/aromatic N) is 2. The molecule has 2 heterocycles. The molecule has 1 aliphatic rings. The van der Waals surface area contributed by atoms with Crippen LogP contribution in [-0.4, -0.2) is 34.3 Å². The van der Waals surface area contributed by atoms with E-state index in [4.69, 9.17) is 14.2 Å². The maximum absolute atomic E-state index is 12.8. The highest BCUT2D eigenvalue weighted by Crippen LogP contribution is 2.34. The molecule has 4 rings (SSSR count). The fourth-order valence-electron chi connectivity index (χ4n) is 4.06. The second kappa shape index (κ2) is 11.8. The Hall–Kier alpha value is -4.33. The zero-order valence-electron chi connectivity index (χ0n) is 22.1. The van der Waals surface area contributed by atoms with E-state index < -0.39 is 17.8 Å². The number of amides is 2. The second-order valence-electron chi connectivity index (χ2n) is 9.86. The molecule has 1 aliphatic heterocycles. The average molecular weight is 516 g/mol. The number of ether oxygens (including phenoxy) is 3. The minimum absolute atomic E-state index is 0.271. The molecule has 3 aromatic rings. The van der Waals surface area contributed by atoms with E-state index in [1.807, 2.05) is 60.7 Å². The van der Waals surface area contributed by atoms with E-state index in [1.54, 1.807) is 50.9 Å². The van der Waals surface area contributed by atoms with Gasteiger partial charge in [0.05, 0.1) is 18.3 Å². The zero-order valence-corrected chi connectivity index (χ0v) is 22.1. The molecule has 198 valence electrons. The number of carbonyl (C=O) groups is 2. The van der Waals surface area contributed by atoms with Gasteiger partial charge >= 0.3 is 12.2 Å². The number of nitrogens with one attached hydrogen (secondary N) is 1. The van der Waals surface area contributed by atoms with Gasteiger partial charge in [-0.25, -0.2) is 14.6 Å². The minimum atomic E-state index is -0.619. The molecular formula is C30H33N3O5. The van der Waals surface area contributed by atoms with E-state index in [2.05, 4.69) is 10.3 Å². The zero-order chi connectivity index (χ0) is 27.1. The molecule has 2 aromatic carbocycles. The third-order valence-electron chi connectivity index (χ3n) is 5.75. The predicted octanol–water partition coefficient (Wildman–Crippen LogP) is 6.73. The maximum atomic E-state index is 12.8. The number of rotatable bonds is 7. The van der Waals surface area contributed by atoms with Crippen LogP contribution in [0.1, 0.15) is 56.1 Å². The third-order valence-corrected chi connectivity index (χ3v) is 5.75.